The van der Waals surface area contributed by atoms with Gasteiger partial charge in [-0.3, -0.25) is 14.6 Å². The van der Waals surface area contributed by atoms with E-state index in [4.69, 9.17) is 0 Å². The highest BCUT2D eigenvalue weighted by atomic mass is 16.2. The molecule has 3 rings (SSSR count). The van der Waals surface area contributed by atoms with Gasteiger partial charge in [0, 0.05) is 23.8 Å². The van der Waals surface area contributed by atoms with Gasteiger partial charge in [0.1, 0.15) is 5.69 Å². The maximum Gasteiger partial charge on any atom is 0.275 e. The molecular formula is C15H14N4O2. The average molecular weight is 282 g/mol. The number of nitrogens with zero attached hydrogens (tertiary/aromatic N) is 2. The number of fused-ring (bicyclic) bond motifs is 1. The molecular weight excluding hydrogens is 268 g/mol. The molecule has 1 aliphatic heterocycles. The number of aromatic nitrogens is 2. The van der Waals surface area contributed by atoms with E-state index in [1.807, 2.05) is 19.9 Å². The number of hydrogen-bond acceptors (Lipinski definition) is 4. The molecule has 1 aromatic heterocycles. The first-order valence-corrected chi connectivity index (χ1v) is 6.52. The minimum atomic E-state index is -0.609. The van der Waals surface area contributed by atoms with E-state index in [9.17, 15) is 9.59 Å². The van der Waals surface area contributed by atoms with Crippen molar-refractivity contribution in [2.75, 3.05) is 10.6 Å². The average Bonchev–Trinajstić information content (AvgIpc) is 2.70. The number of carbonyl (C=O) groups excluding carboxylic acids is 2. The standard InChI is InChI=1S/C15H14N4O2/c1-15(2)10-7-9(3-4-11(10)19-14(15)21)18-13(20)12-8-16-5-6-17-12/h3-8H,1-2H3,(H,18,20)(H,19,21). The Labute approximate surface area is 121 Å². The molecule has 21 heavy (non-hydrogen) atoms. The highest BCUT2D eigenvalue weighted by molar-refractivity contribution is 6.07. The zero-order valence-electron chi connectivity index (χ0n) is 11.7. The third kappa shape index (κ3) is 2.24. The monoisotopic (exact) mass is 282 g/mol. The number of anilines is 2. The second kappa shape index (κ2) is 4.66. The lowest BCUT2D eigenvalue weighted by Gasteiger charge is -2.16. The van der Waals surface area contributed by atoms with E-state index >= 15 is 0 Å². The van der Waals surface area contributed by atoms with Crippen molar-refractivity contribution in [1.82, 2.24) is 9.97 Å². The van der Waals surface area contributed by atoms with E-state index in [2.05, 4.69) is 20.6 Å². The Morgan fingerprint density at radius 3 is 2.81 bits per heavy atom. The summed E-state index contributed by atoms with van der Waals surface area (Å²) in [7, 11) is 0. The summed E-state index contributed by atoms with van der Waals surface area (Å²) in [5.74, 6) is -0.381. The van der Waals surface area contributed by atoms with Gasteiger partial charge in [0.15, 0.2) is 0 Å². The number of benzene rings is 1. The Morgan fingerprint density at radius 2 is 2.10 bits per heavy atom. The Balaban J connectivity index is 1.88. The molecule has 1 aromatic carbocycles. The smallest absolute Gasteiger partial charge is 0.275 e. The highest BCUT2D eigenvalue weighted by Crippen LogP contribution is 2.38. The topological polar surface area (TPSA) is 84.0 Å². The van der Waals surface area contributed by atoms with Gasteiger partial charge in [-0.05, 0) is 37.6 Å². The van der Waals surface area contributed by atoms with Crippen LogP contribution in [0.4, 0.5) is 11.4 Å². The van der Waals surface area contributed by atoms with Crippen LogP contribution in [-0.4, -0.2) is 21.8 Å². The molecule has 0 saturated heterocycles. The lowest BCUT2D eigenvalue weighted by molar-refractivity contribution is -0.119. The van der Waals surface area contributed by atoms with Crippen molar-refractivity contribution < 1.29 is 9.59 Å². The summed E-state index contributed by atoms with van der Waals surface area (Å²) >= 11 is 0. The highest BCUT2D eigenvalue weighted by Gasteiger charge is 2.38. The second-order valence-electron chi connectivity index (χ2n) is 5.38. The zero-order valence-corrected chi connectivity index (χ0v) is 11.7. The summed E-state index contributed by atoms with van der Waals surface area (Å²) < 4.78 is 0. The molecule has 2 N–H and O–H groups in total. The predicted molar refractivity (Wildman–Crippen MR) is 78.1 cm³/mol. The maximum absolute atomic E-state index is 12.0. The van der Waals surface area contributed by atoms with Crippen molar-refractivity contribution in [1.29, 1.82) is 0 Å². The molecule has 2 aromatic rings. The van der Waals surface area contributed by atoms with E-state index in [0.29, 0.717) is 5.69 Å². The Morgan fingerprint density at radius 1 is 1.29 bits per heavy atom. The van der Waals surface area contributed by atoms with Crippen molar-refractivity contribution in [3.8, 4) is 0 Å². The molecule has 1 aliphatic rings. The third-order valence-electron chi connectivity index (χ3n) is 3.56. The van der Waals surface area contributed by atoms with Crippen LogP contribution in [-0.2, 0) is 10.2 Å². The summed E-state index contributed by atoms with van der Waals surface area (Å²) in [4.78, 5) is 31.7. The molecule has 0 fully saturated rings. The molecule has 6 nitrogen and oxygen atoms in total. The van der Waals surface area contributed by atoms with Gasteiger partial charge in [0.05, 0.1) is 11.6 Å². The fourth-order valence-electron chi connectivity index (χ4n) is 2.26. The molecule has 0 bridgehead atoms. The van der Waals surface area contributed by atoms with Gasteiger partial charge in [0.2, 0.25) is 5.91 Å². The predicted octanol–water partition coefficient (Wildman–Crippen LogP) is 1.96. The van der Waals surface area contributed by atoms with Crippen LogP contribution in [0.1, 0.15) is 29.9 Å². The van der Waals surface area contributed by atoms with E-state index in [1.165, 1.54) is 18.6 Å². The van der Waals surface area contributed by atoms with Crippen LogP contribution < -0.4 is 10.6 Å². The number of carbonyl (C=O) groups is 2. The van der Waals surface area contributed by atoms with Crippen LogP contribution in [0.5, 0.6) is 0 Å². The normalized spacial score (nSPS) is 15.2. The van der Waals surface area contributed by atoms with Gasteiger partial charge in [-0.2, -0.15) is 0 Å². The Kier molecular flexibility index (Phi) is 2.94. The van der Waals surface area contributed by atoms with Gasteiger partial charge >= 0.3 is 0 Å². The molecule has 2 heterocycles. The van der Waals surface area contributed by atoms with E-state index in [1.54, 1.807) is 12.1 Å². The van der Waals surface area contributed by atoms with Gasteiger partial charge in [-0.15, -0.1) is 0 Å². The SMILES string of the molecule is CC1(C)C(=O)Nc2ccc(NC(=O)c3cnccn3)cc21. The van der Waals surface area contributed by atoms with Gasteiger partial charge in [-0.25, -0.2) is 4.98 Å². The first-order valence-electron chi connectivity index (χ1n) is 6.52. The van der Waals surface area contributed by atoms with Crippen molar-refractivity contribution in [3.05, 3.63) is 48.0 Å². The number of amides is 2. The summed E-state index contributed by atoms with van der Waals surface area (Å²) in [6.45, 7) is 3.70. The molecule has 2 amide bonds. The van der Waals surface area contributed by atoms with Crippen LogP contribution >= 0.6 is 0 Å². The molecule has 6 heteroatoms. The summed E-state index contributed by atoms with van der Waals surface area (Å²) in [6, 6.07) is 5.34. The van der Waals surface area contributed by atoms with Crippen LogP contribution in [0.3, 0.4) is 0 Å². The first-order chi connectivity index (χ1) is 9.98. The minimum absolute atomic E-state index is 0.0464. The third-order valence-corrected chi connectivity index (χ3v) is 3.56. The van der Waals surface area contributed by atoms with Gasteiger partial charge < -0.3 is 10.6 Å². The zero-order chi connectivity index (χ0) is 15.0. The molecule has 0 aliphatic carbocycles. The molecule has 0 unspecified atom stereocenters. The van der Waals surface area contributed by atoms with E-state index < -0.39 is 5.41 Å². The van der Waals surface area contributed by atoms with Crippen LogP contribution in [0, 0.1) is 0 Å². The molecule has 106 valence electrons. The van der Waals surface area contributed by atoms with Crippen molar-refractivity contribution in [3.63, 3.8) is 0 Å². The number of rotatable bonds is 2. The summed E-state index contributed by atoms with van der Waals surface area (Å²) in [6.07, 6.45) is 4.37. The molecule has 0 radical (unpaired) electrons. The van der Waals surface area contributed by atoms with E-state index in [0.717, 1.165) is 11.3 Å². The van der Waals surface area contributed by atoms with Crippen molar-refractivity contribution in [2.24, 2.45) is 0 Å². The van der Waals surface area contributed by atoms with Crippen molar-refractivity contribution in [2.45, 2.75) is 19.3 Å². The van der Waals surface area contributed by atoms with Crippen LogP contribution in [0.15, 0.2) is 36.8 Å². The van der Waals surface area contributed by atoms with Crippen molar-refractivity contribution >= 4 is 23.2 Å². The first kappa shape index (κ1) is 13.2. The quantitative estimate of drug-likeness (QED) is 0.882. The van der Waals surface area contributed by atoms with Crippen LogP contribution in [0.2, 0.25) is 0 Å². The minimum Gasteiger partial charge on any atom is -0.325 e. The summed E-state index contributed by atoms with van der Waals surface area (Å²) in [5, 5.41) is 5.59. The second-order valence-corrected chi connectivity index (χ2v) is 5.38. The van der Waals surface area contributed by atoms with Gasteiger partial charge in [0.25, 0.3) is 5.91 Å². The molecule has 0 spiro atoms. The van der Waals surface area contributed by atoms with E-state index in [-0.39, 0.29) is 17.5 Å². The Hall–Kier alpha value is -2.76. The molecule has 0 saturated carbocycles. The Bertz CT molecular complexity index is 726. The number of hydrogen-bond donors (Lipinski definition) is 2. The maximum atomic E-state index is 12.0. The fraction of sp³-hybridized carbons (Fsp3) is 0.200. The fourth-order valence-corrected chi connectivity index (χ4v) is 2.26. The van der Waals surface area contributed by atoms with Gasteiger partial charge in [-0.1, -0.05) is 0 Å². The lowest BCUT2D eigenvalue weighted by atomic mass is 9.86. The molecule has 0 atom stereocenters. The van der Waals surface area contributed by atoms with Crippen LogP contribution in [0.25, 0.3) is 0 Å². The summed E-state index contributed by atoms with van der Waals surface area (Å²) in [5.41, 5.74) is 1.90. The number of nitrogens with one attached hydrogen (secondary N) is 2. The largest absolute Gasteiger partial charge is 0.325 e. The lowest BCUT2D eigenvalue weighted by Crippen LogP contribution is -2.26.